The number of benzene rings is 1. The zero-order valence-corrected chi connectivity index (χ0v) is 15.7. The van der Waals surface area contributed by atoms with Gasteiger partial charge < -0.3 is 4.90 Å². The maximum atomic E-state index is 12.4. The highest BCUT2D eigenvalue weighted by atomic mass is 32.2. The normalized spacial score (nSPS) is 20.2. The zero-order chi connectivity index (χ0) is 16.9. The molecule has 1 aliphatic carbocycles. The summed E-state index contributed by atoms with van der Waals surface area (Å²) in [5.41, 5.74) is 2.31. The smallest absolute Gasteiger partial charge is 0.216 e. The summed E-state index contributed by atoms with van der Waals surface area (Å²) < 4.78 is 27.7. The maximum Gasteiger partial charge on any atom is 0.216 e. The van der Waals surface area contributed by atoms with Gasteiger partial charge in [-0.1, -0.05) is 17.4 Å². The number of aromatic nitrogens is 1. The van der Waals surface area contributed by atoms with E-state index in [1.54, 1.807) is 22.7 Å². The van der Waals surface area contributed by atoms with Crippen LogP contribution in [0.5, 0.6) is 0 Å². The van der Waals surface area contributed by atoms with Gasteiger partial charge in [0.1, 0.15) is 0 Å². The standard InChI is InChI=1S/C17H23N3O2S2/c1-12-3-6-15-16(11-12)23-17(18-15)20-9-7-13(8-10-20)19(2)24(21,22)14-4-5-14/h3,6,11,13-14H,4-5,7-10H2,1-2H3. The molecule has 1 aliphatic heterocycles. The molecular formula is C17H23N3O2S2. The van der Waals surface area contributed by atoms with E-state index in [0.29, 0.717) is 0 Å². The number of anilines is 1. The summed E-state index contributed by atoms with van der Waals surface area (Å²) in [6.07, 6.45) is 3.40. The molecule has 0 unspecified atom stereocenters. The molecule has 2 fully saturated rings. The van der Waals surface area contributed by atoms with Gasteiger partial charge in [0.2, 0.25) is 10.0 Å². The molecule has 0 N–H and O–H groups in total. The Bertz CT molecular complexity index is 850. The molecule has 0 amide bonds. The molecule has 1 aromatic heterocycles. The number of fused-ring (bicyclic) bond motifs is 1. The zero-order valence-electron chi connectivity index (χ0n) is 14.1. The first-order chi connectivity index (χ1) is 11.4. The second-order valence-electron chi connectivity index (χ2n) is 6.95. The molecule has 130 valence electrons. The molecule has 0 bridgehead atoms. The van der Waals surface area contributed by atoms with Crippen molar-refractivity contribution in [1.82, 2.24) is 9.29 Å². The van der Waals surface area contributed by atoms with E-state index in [-0.39, 0.29) is 11.3 Å². The van der Waals surface area contributed by atoms with Crippen molar-refractivity contribution < 1.29 is 8.42 Å². The number of hydrogen-bond acceptors (Lipinski definition) is 5. The molecule has 0 atom stereocenters. The molecule has 2 aromatic rings. The molecule has 1 aromatic carbocycles. The highest BCUT2D eigenvalue weighted by Crippen LogP contribution is 2.34. The predicted molar refractivity (Wildman–Crippen MR) is 99.3 cm³/mol. The van der Waals surface area contributed by atoms with Gasteiger partial charge in [-0.3, -0.25) is 0 Å². The van der Waals surface area contributed by atoms with Crippen molar-refractivity contribution in [3.8, 4) is 0 Å². The molecular weight excluding hydrogens is 342 g/mol. The first-order valence-electron chi connectivity index (χ1n) is 8.54. The van der Waals surface area contributed by atoms with Gasteiger partial charge in [0.25, 0.3) is 0 Å². The third kappa shape index (κ3) is 2.93. The van der Waals surface area contributed by atoms with Gasteiger partial charge >= 0.3 is 0 Å². The van der Waals surface area contributed by atoms with Crippen LogP contribution in [-0.4, -0.2) is 49.1 Å². The van der Waals surface area contributed by atoms with Crippen LogP contribution in [0.1, 0.15) is 31.2 Å². The number of sulfonamides is 1. The van der Waals surface area contributed by atoms with Gasteiger partial charge in [-0.2, -0.15) is 0 Å². The molecule has 1 saturated heterocycles. The minimum Gasteiger partial charge on any atom is -0.348 e. The lowest BCUT2D eigenvalue weighted by Crippen LogP contribution is -2.46. The van der Waals surface area contributed by atoms with Crippen LogP contribution in [0.3, 0.4) is 0 Å². The Morgan fingerprint density at radius 2 is 1.92 bits per heavy atom. The first kappa shape index (κ1) is 16.3. The lowest BCUT2D eigenvalue weighted by molar-refractivity contribution is 0.311. The third-order valence-electron chi connectivity index (χ3n) is 5.13. The quantitative estimate of drug-likeness (QED) is 0.836. The van der Waals surface area contributed by atoms with Crippen molar-refractivity contribution >= 4 is 36.7 Å². The van der Waals surface area contributed by atoms with Gasteiger partial charge in [0.15, 0.2) is 5.13 Å². The Labute approximate surface area is 147 Å². The number of aryl methyl sites for hydroxylation is 1. The molecule has 24 heavy (non-hydrogen) atoms. The second-order valence-corrected chi connectivity index (χ2v) is 10.2. The fourth-order valence-electron chi connectivity index (χ4n) is 3.38. The summed E-state index contributed by atoms with van der Waals surface area (Å²) >= 11 is 1.73. The van der Waals surface area contributed by atoms with Crippen molar-refractivity contribution in [3.05, 3.63) is 23.8 Å². The average Bonchev–Trinajstić information content (AvgIpc) is 3.35. The van der Waals surface area contributed by atoms with Crippen molar-refractivity contribution in [2.24, 2.45) is 0 Å². The van der Waals surface area contributed by atoms with Crippen LogP contribution in [0.4, 0.5) is 5.13 Å². The Morgan fingerprint density at radius 3 is 2.58 bits per heavy atom. The van der Waals surface area contributed by atoms with Gasteiger partial charge in [0, 0.05) is 26.2 Å². The number of rotatable bonds is 4. The van der Waals surface area contributed by atoms with Gasteiger partial charge in [-0.25, -0.2) is 17.7 Å². The van der Waals surface area contributed by atoms with E-state index in [2.05, 4.69) is 30.0 Å². The molecule has 7 heteroatoms. The van der Waals surface area contributed by atoms with Crippen LogP contribution in [0.25, 0.3) is 10.2 Å². The monoisotopic (exact) mass is 365 g/mol. The summed E-state index contributed by atoms with van der Waals surface area (Å²) in [7, 11) is -1.31. The maximum absolute atomic E-state index is 12.4. The van der Waals surface area contributed by atoms with E-state index in [0.717, 1.165) is 49.4 Å². The van der Waals surface area contributed by atoms with Crippen LogP contribution in [-0.2, 0) is 10.0 Å². The van der Waals surface area contributed by atoms with Gasteiger partial charge in [-0.05, 0) is 50.3 Å². The number of thiazole rings is 1. The van der Waals surface area contributed by atoms with E-state index in [9.17, 15) is 8.42 Å². The number of hydrogen-bond donors (Lipinski definition) is 0. The molecule has 0 spiro atoms. The highest BCUT2D eigenvalue weighted by molar-refractivity contribution is 7.90. The van der Waals surface area contributed by atoms with E-state index in [4.69, 9.17) is 4.98 Å². The van der Waals surface area contributed by atoms with Crippen molar-refractivity contribution in [1.29, 1.82) is 0 Å². The summed E-state index contributed by atoms with van der Waals surface area (Å²) in [5.74, 6) is 0. The van der Waals surface area contributed by atoms with Gasteiger partial charge in [0.05, 0.1) is 15.5 Å². The van der Waals surface area contributed by atoms with Crippen LogP contribution >= 0.6 is 11.3 Å². The predicted octanol–water partition coefficient (Wildman–Crippen LogP) is 3.00. The Balaban J connectivity index is 1.45. The number of nitrogens with zero attached hydrogens (tertiary/aromatic N) is 3. The Hall–Kier alpha value is -1.18. The topological polar surface area (TPSA) is 53.5 Å². The Morgan fingerprint density at radius 1 is 1.21 bits per heavy atom. The molecule has 2 aliphatic rings. The SMILES string of the molecule is Cc1ccc2nc(N3CCC(N(C)S(=O)(=O)C4CC4)CC3)sc2c1. The summed E-state index contributed by atoms with van der Waals surface area (Å²) in [6, 6.07) is 6.48. The molecule has 5 nitrogen and oxygen atoms in total. The largest absolute Gasteiger partial charge is 0.348 e. The van der Waals surface area contributed by atoms with Crippen LogP contribution in [0.15, 0.2) is 18.2 Å². The lowest BCUT2D eigenvalue weighted by atomic mass is 10.1. The summed E-state index contributed by atoms with van der Waals surface area (Å²) in [5, 5.41) is 0.940. The summed E-state index contributed by atoms with van der Waals surface area (Å²) in [4.78, 5) is 7.05. The fourth-order valence-corrected chi connectivity index (χ4v) is 6.33. The number of piperidine rings is 1. The van der Waals surface area contributed by atoms with Crippen LogP contribution < -0.4 is 4.90 Å². The lowest BCUT2D eigenvalue weighted by Gasteiger charge is -2.36. The fraction of sp³-hybridized carbons (Fsp3) is 0.588. The van der Waals surface area contributed by atoms with Crippen molar-refractivity contribution in [2.75, 3.05) is 25.0 Å². The third-order valence-corrected chi connectivity index (χ3v) is 8.62. The summed E-state index contributed by atoms with van der Waals surface area (Å²) in [6.45, 7) is 3.84. The molecule has 2 heterocycles. The first-order valence-corrected chi connectivity index (χ1v) is 10.9. The minimum atomic E-state index is -3.07. The molecule has 0 radical (unpaired) electrons. The van der Waals surface area contributed by atoms with E-state index in [1.807, 2.05) is 0 Å². The van der Waals surface area contributed by atoms with Gasteiger partial charge in [-0.15, -0.1) is 0 Å². The average molecular weight is 366 g/mol. The van der Waals surface area contributed by atoms with Crippen molar-refractivity contribution in [3.63, 3.8) is 0 Å². The minimum absolute atomic E-state index is 0.118. The second kappa shape index (κ2) is 5.97. The van der Waals surface area contributed by atoms with Crippen molar-refractivity contribution in [2.45, 2.75) is 43.9 Å². The van der Waals surface area contributed by atoms with E-state index < -0.39 is 10.0 Å². The van der Waals surface area contributed by atoms with Crippen LogP contribution in [0.2, 0.25) is 0 Å². The van der Waals surface area contributed by atoms with Crippen LogP contribution in [0, 0.1) is 6.92 Å². The highest BCUT2D eigenvalue weighted by Gasteiger charge is 2.41. The molecule has 1 saturated carbocycles. The molecule has 4 rings (SSSR count). The Kier molecular flexibility index (Phi) is 4.05. The van der Waals surface area contributed by atoms with E-state index in [1.165, 1.54) is 10.3 Å². The van der Waals surface area contributed by atoms with E-state index >= 15 is 0 Å².